The zero-order chi connectivity index (χ0) is 20.3. The van der Waals surface area contributed by atoms with Crippen LogP contribution < -0.4 is 4.74 Å². The molecule has 1 aliphatic rings. The Balaban J connectivity index is 1.97. The van der Waals surface area contributed by atoms with E-state index < -0.39 is 5.82 Å². The normalized spacial score (nSPS) is 16.8. The first-order valence-corrected chi connectivity index (χ1v) is 9.27. The highest BCUT2D eigenvalue weighted by Gasteiger charge is 2.30. The summed E-state index contributed by atoms with van der Waals surface area (Å²) in [6, 6.07) is 9.56. The molecule has 0 saturated carbocycles. The van der Waals surface area contributed by atoms with Crippen LogP contribution in [0.15, 0.2) is 59.0 Å². The molecule has 1 amide bonds. The van der Waals surface area contributed by atoms with Gasteiger partial charge in [-0.2, -0.15) is 0 Å². The van der Waals surface area contributed by atoms with Crippen LogP contribution in [-0.4, -0.2) is 35.2 Å². The molecule has 7 heteroatoms. The lowest BCUT2D eigenvalue weighted by Gasteiger charge is -2.09. The van der Waals surface area contributed by atoms with Gasteiger partial charge < -0.3 is 9.84 Å². The van der Waals surface area contributed by atoms with Crippen molar-refractivity contribution in [2.45, 2.75) is 6.42 Å². The van der Waals surface area contributed by atoms with Crippen molar-refractivity contribution in [3.63, 3.8) is 0 Å². The molecule has 0 aliphatic carbocycles. The quantitative estimate of drug-likeness (QED) is 0.595. The number of carbonyl (C=O) groups is 1. The van der Waals surface area contributed by atoms with Gasteiger partial charge in [-0.25, -0.2) is 9.38 Å². The maximum atomic E-state index is 13.9. The van der Waals surface area contributed by atoms with Gasteiger partial charge >= 0.3 is 0 Å². The number of amides is 1. The number of hydrogen-bond acceptors (Lipinski definition) is 5. The van der Waals surface area contributed by atoms with E-state index in [1.165, 1.54) is 18.1 Å². The Labute approximate surface area is 166 Å². The van der Waals surface area contributed by atoms with E-state index in [0.29, 0.717) is 33.4 Å². The Morgan fingerprint density at radius 1 is 1.36 bits per heavy atom. The molecule has 0 atom stereocenters. The third kappa shape index (κ3) is 3.94. The molecule has 1 heterocycles. The number of rotatable bonds is 5. The number of aliphatic imine (C=N–C) groups is 1. The fourth-order valence-electron chi connectivity index (χ4n) is 2.69. The number of aromatic hydroxyl groups is 1. The van der Waals surface area contributed by atoms with Gasteiger partial charge in [-0.3, -0.25) is 9.69 Å². The molecule has 1 fully saturated rings. The van der Waals surface area contributed by atoms with Gasteiger partial charge in [-0.1, -0.05) is 18.2 Å². The molecule has 0 bridgehead atoms. The summed E-state index contributed by atoms with van der Waals surface area (Å²) in [5.41, 5.74) is 1.51. The zero-order valence-electron chi connectivity index (χ0n) is 15.5. The molecule has 0 radical (unpaired) electrons. The number of likely N-dealkylation sites (N-methyl/N-ethyl adjacent to an activating group) is 1. The molecule has 5 nitrogen and oxygen atoms in total. The van der Waals surface area contributed by atoms with Crippen molar-refractivity contribution in [2.24, 2.45) is 4.99 Å². The van der Waals surface area contributed by atoms with Gasteiger partial charge in [0.15, 0.2) is 16.7 Å². The number of amidine groups is 1. The van der Waals surface area contributed by atoms with Crippen LogP contribution in [-0.2, 0) is 11.2 Å². The molecule has 28 heavy (non-hydrogen) atoms. The summed E-state index contributed by atoms with van der Waals surface area (Å²) < 4.78 is 19.1. The van der Waals surface area contributed by atoms with Crippen LogP contribution in [0, 0.1) is 5.82 Å². The largest absolute Gasteiger partial charge is 0.504 e. The van der Waals surface area contributed by atoms with Crippen molar-refractivity contribution < 1.29 is 19.0 Å². The van der Waals surface area contributed by atoms with E-state index in [9.17, 15) is 14.3 Å². The van der Waals surface area contributed by atoms with E-state index in [4.69, 9.17) is 4.74 Å². The Morgan fingerprint density at radius 3 is 2.79 bits per heavy atom. The summed E-state index contributed by atoms with van der Waals surface area (Å²) in [4.78, 5) is 18.7. The first-order valence-electron chi connectivity index (χ1n) is 8.46. The van der Waals surface area contributed by atoms with E-state index >= 15 is 0 Å². The summed E-state index contributed by atoms with van der Waals surface area (Å²) in [6.07, 6.45) is 3.83. The number of nitrogens with zero attached hydrogens (tertiary/aromatic N) is 2. The second-order valence-corrected chi connectivity index (χ2v) is 7.05. The number of ether oxygens (including phenoxy) is 1. The van der Waals surface area contributed by atoms with Gasteiger partial charge in [0.25, 0.3) is 5.91 Å². The van der Waals surface area contributed by atoms with E-state index in [0.717, 1.165) is 11.8 Å². The number of hydrogen-bond donors (Lipinski definition) is 1. The van der Waals surface area contributed by atoms with E-state index in [2.05, 4.69) is 11.6 Å². The number of thioether (sulfide) groups is 1. The van der Waals surface area contributed by atoms with E-state index in [1.807, 2.05) is 0 Å². The molecule has 144 valence electrons. The second kappa shape index (κ2) is 8.31. The van der Waals surface area contributed by atoms with Crippen LogP contribution in [0.1, 0.15) is 11.1 Å². The van der Waals surface area contributed by atoms with Gasteiger partial charge in [0, 0.05) is 12.6 Å². The summed E-state index contributed by atoms with van der Waals surface area (Å²) in [7, 11) is 3.06. The number of phenols is 1. The highest BCUT2D eigenvalue weighted by Crippen LogP contribution is 2.36. The molecule has 1 aliphatic heterocycles. The lowest BCUT2D eigenvalue weighted by molar-refractivity contribution is -0.121. The maximum absolute atomic E-state index is 13.9. The topological polar surface area (TPSA) is 62.1 Å². The number of halogens is 1. The SMILES string of the molecule is C=CCc1cc(/C=C2/SC(=Nc3ccccc3F)N(C)C2=O)cc(OC)c1O. The fourth-order valence-corrected chi connectivity index (χ4v) is 3.67. The molecule has 0 unspecified atom stereocenters. The Bertz CT molecular complexity index is 1000. The smallest absolute Gasteiger partial charge is 0.266 e. The fraction of sp³-hybridized carbons (Fsp3) is 0.143. The van der Waals surface area contributed by atoms with Gasteiger partial charge in [0.05, 0.1) is 12.0 Å². The second-order valence-electron chi connectivity index (χ2n) is 6.04. The van der Waals surface area contributed by atoms with E-state index in [1.54, 1.807) is 49.5 Å². The molecule has 0 aromatic heterocycles. The Hall–Kier alpha value is -3.06. The van der Waals surface area contributed by atoms with Crippen molar-refractivity contribution in [3.05, 3.63) is 70.9 Å². The number of para-hydroxylation sites is 1. The van der Waals surface area contributed by atoms with Crippen LogP contribution in [0.4, 0.5) is 10.1 Å². The van der Waals surface area contributed by atoms with Crippen molar-refractivity contribution in [1.29, 1.82) is 0 Å². The minimum Gasteiger partial charge on any atom is -0.504 e. The first kappa shape index (κ1) is 19.7. The summed E-state index contributed by atoms with van der Waals surface area (Å²) in [5, 5.41) is 10.6. The van der Waals surface area contributed by atoms with Crippen LogP contribution >= 0.6 is 11.8 Å². The number of methoxy groups -OCH3 is 1. The van der Waals surface area contributed by atoms with E-state index in [-0.39, 0.29) is 17.3 Å². The summed E-state index contributed by atoms with van der Waals surface area (Å²) in [6.45, 7) is 3.69. The molecule has 2 aromatic rings. The average molecular weight is 398 g/mol. The van der Waals surface area contributed by atoms with Crippen LogP contribution in [0.25, 0.3) is 6.08 Å². The molecule has 2 aromatic carbocycles. The van der Waals surface area contributed by atoms with Crippen LogP contribution in [0.2, 0.25) is 0 Å². The standard InChI is InChI=1S/C21H19FN2O3S/c1-4-7-14-10-13(11-17(27-3)19(14)25)12-18-20(26)24(2)21(28-18)23-16-9-6-5-8-15(16)22/h4-6,8-12,25H,1,7H2,2-3H3/b18-12+,23-21?. The van der Waals surface area contributed by atoms with Crippen LogP contribution in [0.3, 0.4) is 0 Å². The van der Waals surface area contributed by atoms with Gasteiger partial charge in [-0.15, -0.1) is 6.58 Å². The lowest BCUT2D eigenvalue weighted by atomic mass is 10.1. The highest BCUT2D eigenvalue weighted by molar-refractivity contribution is 8.18. The predicted molar refractivity (Wildman–Crippen MR) is 110 cm³/mol. The zero-order valence-corrected chi connectivity index (χ0v) is 16.3. The molecule has 1 N–H and O–H groups in total. The summed E-state index contributed by atoms with van der Waals surface area (Å²) in [5.74, 6) is -0.326. The van der Waals surface area contributed by atoms with Gasteiger partial charge in [-0.05, 0) is 54.1 Å². The maximum Gasteiger partial charge on any atom is 0.266 e. The average Bonchev–Trinajstić information content (AvgIpc) is 2.94. The highest BCUT2D eigenvalue weighted by atomic mass is 32.2. The third-order valence-corrected chi connectivity index (χ3v) is 5.19. The molecule has 0 spiro atoms. The Morgan fingerprint density at radius 2 is 2.11 bits per heavy atom. The lowest BCUT2D eigenvalue weighted by Crippen LogP contribution is -2.23. The number of benzene rings is 2. The number of allylic oxidation sites excluding steroid dienone is 1. The summed E-state index contributed by atoms with van der Waals surface area (Å²) >= 11 is 1.16. The van der Waals surface area contributed by atoms with Crippen molar-refractivity contribution in [2.75, 3.05) is 14.2 Å². The molecule has 1 saturated heterocycles. The number of carbonyl (C=O) groups excluding carboxylic acids is 1. The third-order valence-electron chi connectivity index (χ3n) is 4.13. The molecular weight excluding hydrogens is 379 g/mol. The Kier molecular flexibility index (Phi) is 5.84. The monoisotopic (exact) mass is 398 g/mol. The van der Waals surface area contributed by atoms with Gasteiger partial charge in [0.1, 0.15) is 11.5 Å². The molecular formula is C21H19FN2O3S. The van der Waals surface area contributed by atoms with Crippen molar-refractivity contribution >= 4 is 34.6 Å². The number of phenolic OH excluding ortho intramolecular Hbond substituents is 1. The predicted octanol–water partition coefficient (Wildman–Crippen LogP) is 4.50. The van der Waals surface area contributed by atoms with Crippen LogP contribution in [0.5, 0.6) is 11.5 Å². The minimum atomic E-state index is -0.453. The molecule has 3 rings (SSSR count). The minimum absolute atomic E-state index is 0.0499. The van der Waals surface area contributed by atoms with Crippen molar-refractivity contribution in [1.82, 2.24) is 4.90 Å². The van der Waals surface area contributed by atoms with Crippen molar-refractivity contribution in [3.8, 4) is 11.5 Å². The van der Waals surface area contributed by atoms with Gasteiger partial charge in [0.2, 0.25) is 0 Å². The first-order chi connectivity index (χ1) is 13.4.